The Morgan fingerprint density at radius 2 is 1.95 bits per heavy atom. The lowest BCUT2D eigenvalue weighted by molar-refractivity contribution is -0.122. The molecule has 0 aliphatic rings. The number of furan rings is 1. The van der Waals surface area contributed by atoms with Gasteiger partial charge in [0.2, 0.25) is 0 Å². The van der Waals surface area contributed by atoms with E-state index in [0.717, 1.165) is 15.6 Å². The number of halogens is 2. The summed E-state index contributed by atoms with van der Waals surface area (Å²) in [6.07, 6.45) is 2.77. The van der Waals surface area contributed by atoms with Crippen molar-refractivity contribution in [1.82, 2.24) is 15.2 Å². The first-order valence-electron chi connectivity index (χ1n) is 11.6. The molecule has 0 saturated carbocycles. The number of aromatic nitrogens is 2. The van der Waals surface area contributed by atoms with Crippen LogP contribution in [0.4, 0.5) is 5.69 Å². The Hall–Kier alpha value is -3.89. The lowest BCUT2D eigenvalue weighted by atomic mass is 10.1. The van der Waals surface area contributed by atoms with Crippen molar-refractivity contribution in [2.24, 2.45) is 5.10 Å². The minimum absolute atomic E-state index is 0.144. The maximum absolute atomic E-state index is 12.6. The lowest BCUT2D eigenvalue weighted by Gasteiger charge is -2.16. The fraction of sp³-hybridized carbons (Fsp3) is 0.185. The average molecular weight is 599 g/mol. The summed E-state index contributed by atoms with van der Waals surface area (Å²) in [5, 5.41) is 11.8. The first-order valence-corrected chi connectivity index (χ1v) is 12.8. The predicted molar refractivity (Wildman–Crippen MR) is 149 cm³/mol. The molecule has 38 heavy (non-hydrogen) atoms. The van der Waals surface area contributed by atoms with Gasteiger partial charge in [-0.15, -0.1) is 0 Å². The first kappa shape index (κ1) is 27.2. The van der Waals surface area contributed by atoms with E-state index < -0.39 is 12.0 Å². The second-order valence-corrected chi connectivity index (χ2v) is 9.85. The third-order valence-corrected chi connectivity index (χ3v) is 6.15. The number of ether oxygens (including phenoxy) is 1. The zero-order valence-corrected chi connectivity index (χ0v) is 23.2. The molecule has 0 saturated heterocycles. The van der Waals surface area contributed by atoms with Crippen LogP contribution in [0.1, 0.15) is 41.3 Å². The van der Waals surface area contributed by atoms with E-state index in [0.29, 0.717) is 34.5 Å². The van der Waals surface area contributed by atoms with E-state index in [1.165, 1.54) is 0 Å². The van der Waals surface area contributed by atoms with E-state index in [4.69, 9.17) is 20.8 Å². The topological polar surface area (TPSA) is 111 Å². The van der Waals surface area contributed by atoms with E-state index >= 15 is 0 Å². The molecule has 0 radical (unpaired) electrons. The molecule has 0 aliphatic heterocycles. The molecule has 4 aromatic rings. The molecule has 4 rings (SSSR count). The second-order valence-electron chi connectivity index (χ2n) is 8.50. The molecule has 1 atom stereocenters. The van der Waals surface area contributed by atoms with Gasteiger partial charge in [-0.25, -0.2) is 5.43 Å². The van der Waals surface area contributed by atoms with Crippen LogP contribution >= 0.6 is 27.5 Å². The number of nitrogens with one attached hydrogen (secondary N) is 2. The van der Waals surface area contributed by atoms with E-state index in [1.54, 1.807) is 79.3 Å². The Kier molecular flexibility index (Phi) is 8.65. The van der Waals surface area contributed by atoms with Gasteiger partial charge in [0.25, 0.3) is 5.91 Å². The molecular formula is C27H25BrClN5O4. The third-order valence-electron chi connectivity index (χ3n) is 5.51. The number of hydrogen-bond donors (Lipinski definition) is 2. The van der Waals surface area contributed by atoms with Gasteiger partial charge in [-0.3, -0.25) is 14.3 Å². The summed E-state index contributed by atoms with van der Waals surface area (Å²) >= 11 is 9.32. The smallest absolute Gasteiger partial charge is 0.307 e. The summed E-state index contributed by atoms with van der Waals surface area (Å²) in [5.74, 6) is 0.574. The van der Waals surface area contributed by atoms with E-state index in [-0.39, 0.29) is 11.7 Å². The number of benzene rings is 2. The van der Waals surface area contributed by atoms with Gasteiger partial charge in [0.15, 0.2) is 11.9 Å². The molecule has 2 aromatic heterocycles. The van der Waals surface area contributed by atoms with Crippen molar-refractivity contribution < 1.29 is 18.7 Å². The first-order chi connectivity index (χ1) is 18.2. The van der Waals surface area contributed by atoms with Crippen molar-refractivity contribution in [3.8, 4) is 5.75 Å². The van der Waals surface area contributed by atoms with E-state index in [9.17, 15) is 9.59 Å². The molecular weight excluding hydrogens is 574 g/mol. The number of amides is 2. The molecule has 2 heterocycles. The molecule has 2 aromatic carbocycles. The largest absolute Gasteiger partial charge is 0.481 e. The van der Waals surface area contributed by atoms with Crippen molar-refractivity contribution in [3.63, 3.8) is 0 Å². The third kappa shape index (κ3) is 7.11. The van der Waals surface area contributed by atoms with Crippen LogP contribution in [-0.2, 0) is 11.3 Å². The predicted octanol–water partition coefficient (Wildman–Crippen LogP) is 5.81. The van der Waals surface area contributed by atoms with Crippen LogP contribution in [0.3, 0.4) is 0 Å². The maximum Gasteiger partial charge on any atom is 0.307 e. The summed E-state index contributed by atoms with van der Waals surface area (Å²) < 4.78 is 13.9. The molecule has 2 amide bonds. The zero-order valence-electron chi connectivity index (χ0n) is 20.9. The van der Waals surface area contributed by atoms with E-state index in [2.05, 4.69) is 36.9 Å². The summed E-state index contributed by atoms with van der Waals surface area (Å²) in [7, 11) is 0. The number of rotatable bonds is 9. The van der Waals surface area contributed by atoms with Crippen LogP contribution < -0.4 is 15.5 Å². The number of carbonyl (C=O) groups is 2. The van der Waals surface area contributed by atoms with Gasteiger partial charge < -0.3 is 14.5 Å². The van der Waals surface area contributed by atoms with Gasteiger partial charge in [-0.1, -0.05) is 23.7 Å². The Bertz CT molecular complexity index is 1480. The quantitative estimate of drug-likeness (QED) is 0.187. The standard InChI is InChI=1S/C27H25BrClN5O4/c1-16-12-21(29)6-10-24(16)37-18(3)26(35)31-22-7-4-19(5-8-22)17(2)32-33-27(36)25-11-9-23(38-25)15-34-14-20(28)13-30-34/h4-14,18H,15H2,1-3H3,(H,31,35)(H,33,36)/t18-/m1/s1. The van der Waals surface area contributed by atoms with Crippen LogP contribution in [0.5, 0.6) is 5.75 Å². The highest BCUT2D eigenvalue weighted by Gasteiger charge is 2.16. The number of hydrazone groups is 1. The molecule has 0 aliphatic carbocycles. The minimum Gasteiger partial charge on any atom is -0.481 e. The number of hydrogen-bond acceptors (Lipinski definition) is 6. The molecule has 0 fully saturated rings. The normalized spacial score (nSPS) is 12.2. The van der Waals surface area contributed by atoms with Crippen LogP contribution in [0.25, 0.3) is 0 Å². The molecule has 2 N–H and O–H groups in total. The molecule has 0 bridgehead atoms. The average Bonchev–Trinajstić information content (AvgIpc) is 3.53. The van der Waals surface area contributed by atoms with Crippen LogP contribution in [0, 0.1) is 6.92 Å². The lowest BCUT2D eigenvalue weighted by Crippen LogP contribution is -2.30. The highest BCUT2D eigenvalue weighted by atomic mass is 79.9. The number of carbonyl (C=O) groups excluding carboxylic acids is 2. The summed E-state index contributed by atoms with van der Waals surface area (Å²) in [6, 6.07) is 15.6. The molecule has 11 heteroatoms. The number of nitrogens with zero attached hydrogens (tertiary/aromatic N) is 3. The van der Waals surface area contributed by atoms with Crippen molar-refractivity contribution in [1.29, 1.82) is 0 Å². The Morgan fingerprint density at radius 1 is 1.18 bits per heavy atom. The van der Waals surface area contributed by atoms with E-state index in [1.807, 2.05) is 13.1 Å². The summed E-state index contributed by atoms with van der Waals surface area (Å²) in [6.45, 7) is 5.71. The van der Waals surface area contributed by atoms with Crippen LogP contribution in [-0.4, -0.2) is 33.4 Å². The Balaban J connectivity index is 1.30. The van der Waals surface area contributed by atoms with Gasteiger partial charge in [0, 0.05) is 16.9 Å². The minimum atomic E-state index is -0.711. The molecule has 0 unspecified atom stereocenters. The van der Waals surface area contributed by atoms with Gasteiger partial charge in [0.1, 0.15) is 11.5 Å². The van der Waals surface area contributed by atoms with Crippen molar-refractivity contribution >= 4 is 50.7 Å². The second kappa shape index (κ2) is 12.1. The number of aryl methyl sites for hydroxylation is 1. The highest BCUT2D eigenvalue weighted by molar-refractivity contribution is 9.10. The Morgan fingerprint density at radius 3 is 2.63 bits per heavy atom. The maximum atomic E-state index is 12.6. The SMILES string of the molecule is CC(=NNC(=O)c1ccc(Cn2cc(Br)cn2)o1)c1ccc(NC(=O)[C@@H](C)Oc2ccc(Cl)cc2C)cc1. The fourth-order valence-electron chi connectivity index (χ4n) is 3.45. The summed E-state index contributed by atoms with van der Waals surface area (Å²) in [5.41, 5.74) is 5.31. The van der Waals surface area contributed by atoms with Gasteiger partial charge >= 0.3 is 5.91 Å². The van der Waals surface area contributed by atoms with Crippen molar-refractivity contribution in [2.75, 3.05) is 5.32 Å². The Labute approximate surface area is 232 Å². The molecule has 9 nitrogen and oxygen atoms in total. The van der Waals surface area contributed by atoms with Crippen molar-refractivity contribution in [3.05, 3.63) is 99.1 Å². The van der Waals surface area contributed by atoms with Gasteiger partial charge in [-0.2, -0.15) is 10.2 Å². The van der Waals surface area contributed by atoms with Crippen LogP contribution in [0.15, 0.2) is 81.0 Å². The van der Waals surface area contributed by atoms with Gasteiger partial charge in [0.05, 0.1) is 22.9 Å². The van der Waals surface area contributed by atoms with Gasteiger partial charge in [-0.05, 0) is 90.3 Å². The molecule has 196 valence electrons. The number of anilines is 1. The zero-order chi connectivity index (χ0) is 27.2. The van der Waals surface area contributed by atoms with Crippen molar-refractivity contribution in [2.45, 2.75) is 33.4 Å². The summed E-state index contributed by atoms with van der Waals surface area (Å²) in [4.78, 5) is 25.0. The fourth-order valence-corrected chi connectivity index (χ4v) is 4.01. The monoisotopic (exact) mass is 597 g/mol. The van der Waals surface area contributed by atoms with Crippen LogP contribution in [0.2, 0.25) is 5.02 Å². The molecule has 0 spiro atoms. The highest BCUT2D eigenvalue weighted by Crippen LogP contribution is 2.23.